The molecule has 1 aliphatic heterocycles. The first kappa shape index (κ1) is 12.4. The second kappa shape index (κ2) is 3.74. The molecule has 17 heavy (non-hydrogen) atoms. The smallest absolute Gasteiger partial charge is 0.129 e. The summed E-state index contributed by atoms with van der Waals surface area (Å²) in [6.45, 7) is 10.6. The van der Waals surface area contributed by atoms with Gasteiger partial charge in [-0.05, 0) is 24.8 Å². The first-order chi connectivity index (χ1) is 7.71. The van der Waals surface area contributed by atoms with Gasteiger partial charge >= 0.3 is 0 Å². The molecule has 1 aliphatic rings. The molecule has 1 N–H and O–H groups in total. The average molecular weight is 234 g/mol. The van der Waals surface area contributed by atoms with E-state index in [4.69, 9.17) is 4.74 Å². The molecule has 0 radical (unpaired) electrons. The fourth-order valence-corrected chi connectivity index (χ4v) is 2.42. The van der Waals surface area contributed by atoms with Crippen LogP contribution in [0.15, 0.2) is 18.2 Å². The van der Waals surface area contributed by atoms with E-state index in [1.807, 2.05) is 26.0 Å². The highest BCUT2D eigenvalue weighted by Gasteiger charge is 2.35. The number of hydrogen-bond donors (Lipinski definition) is 1. The van der Waals surface area contributed by atoms with E-state index in [0.29, 0.717) is 6.42 Å². The molecule has 1 heterocycles. The second-order valence-corrected chi connectivity index (χ2v) is 6.56. The van der Waals surface area contributed by atoms with Gasteiger partial charge in [-0.15, -0.1) is 0 Å². The van der Waals surface area contributed by atoms with Gasteiger partial charge in [0.05, 0.1) is 6.10 Å². The number of aliphatic hydroxyl groups is 1. The van der Waals surface area contributed by atoms with Crippen molar-refractivity contribution in [2.45, 2.75) is 58.2 Å². The van der Waals surface area contributed by atoms with Gasteiger partial charge in [-0.3, -0.25) is 0 Å². The van der Waals surface area contributed by atoms with Crippen molar-refractivity contribution in [1.29, 1.82) is 0 Å². The molecule has 1 unspecified atom stereocenters. The molecule has 1 atom stereocenters. The minimum absolute atomic E-state index is 0.0263. The third kappa shape index (κ3) is 2.32. The first-order valence-electron chi connectivity index (χ1n) is 6.21. The number of aliphatic hydroxyl groups excluding tert-OH is 1. The zero-order valence-corrected chi connectivity index (χ0v) is 11.4. The van der Waals surface area contributed by atoms with E-state index >= 15 is 0 Å². The van der Waals surface area contributed by atoms with Gasteiger partial charge in [-0.25, -0.2) is 0 Å². The van der Waals surface area contributed by atoms with Crippen LogP contribution in [0.5, 0.6) is 5.75 Å². The van der Waals surface area contributed by atoms with Crippen LogP contribution in [0.4, 0.5) is 0 Å². The Labute approximate surface area is 104 Å². The highest BCUT2D eigenvalue weighted by molar-refractivity contribution is 5.47. The molecule has 0 saturated heterocycles. The highest BCUT2D eigenvalue weighted by atomic mass is 16.5. The Morgan fingerprint density at radius 2 is 1.94 bits per heavy atom. The molecule has 0 aliphatic carbocycles. The molecule has 0 fully saturated rings. The van der Waals surface area contributed by atoms with E-state index in [9.17, 15) is 5.11 Å². The van der Waals surface area contributed by atoms with Gasteiger partial charge in [0.15, 0.2) is 0 Å². The van der Waals surface area contributed by atoms with Crippen LogP contribution < -0.4 is 4.74 Å². The second-order valence-electron chi connectivity index (χ2n) is 6.56. The summed E-state index contributed by atoms with van der Waals surface area (Å²) >= 11 is 0. The maximum absolute atomic E-state index is 10.2. The summed E-state index contributed by atoms with van der Waals surface area (Å²) in [5, 5.41) is 10.2. The summed E-state index contributed by atoms with van der Waals surface area (Å²) in [5.41, 5.74) is 1.82. The van der Waals surface area contributed by atoms with Crippen molar-refractivity contribution in [3.8, 4) is 5.75 Å². The molecule has 1 aromatic carbocycles. The van der Waals surface area contributed by atoms with Gasteiger partial charge in [0.1, 0.15) is 11.4 Å². The normalized spacial score (nSPS) is 22.8. The Balaban J connectivity index is 2.58. The minimum Gasteiger partial charge on any atom is -0.487 e. The van der Waals surface area contributed by atoms with Crippen LogP contribution in [0, 0.1) is 0 Å². The van der Waals surface area contributed by atoms with Crippen molar-refractivity contribution < 1.29 is 9.84 Å². The van der Waals surface area contributed by atoms with E-state index < -0.39 is 6.10 Å². The lowest BCUT2D eigenvalue weighted by Gasteiger charge is -2.38. The minimum atomic E-state index is -0.420. The van der Waals surface area contributed by atoms with Crippen LogP contribution in [0.25, 0.3) is 0 Å². The zero-order chi connectivity index (χ0) is 12.8. The molecule has 0 saturated carbocycles. The Bertz CT molecular complexity index is 427. The lowest BCUT2D eigenvalue weighted by atomic mass is 9.82. The molecule has 2 nitrogen and oxygen atoms in total. The molecule has 94 valence electrons. The van der Waals surface area contributed by atoms with E-state index in [2.05, 4.69) is 26.8 Å². The number of rotatable bonds is 0. The summed E-state index contributed by atoms with van der Waals surface area (Å²) < 4.78 is 6.09. The van der Waals surface area contributed by atoms with E-state index in [-0.39, 0.29) is 11.0 Å². The lowest BCUT2D eigenvalue weighted by molar-refractivity contribution is 0.00996. The number of hydrogen-bond acceptors (Lipinski definition) is 2. The van der Waals surface area contributed by atoms with E-state index in [1.54, 1.807) is 0 Å². The Kier molecular flexibility index (Phi) is 2.74. The van der Waals surface area contributed by atoms with Crippen molar-refractivity contribution in [3.63, 3.8) is 0 Å². The number of para-hydroxylation sites is 1. The monoisotopic (exact) mass is 234 g/mol. The summed E-state index contributed by atoms with van der Waals surface area (Å²) in [5.74, 6) is 0.878. The summed E-state index contributed by atoms with van der Waals surface area (Å²) in [4.78, 5) is 0. The Hall–Kier alpha value is -1.02. The van der Waals surface area contributed by atoms with Crippen LogP contribution in [0.1, 0.15) is 58.3 Å². The third-order valence-electron chi connectivity index (χ3n) is 3.28. The first-order valence-corrected chi connectivity index (χ1v) is 6.21. The standard InChI is InChI=1S/C15H22O2/c1-14(2,3)11-8-6-7-10-12(16)9-15(4,5)17-13(10)11/h6-8,12,16H,9H2,1-5H3. The van der Waals surface area contributed by atoms with Crippen LogP contribution in [0.3, 0.4) is 0 Å². The molecular formula is C15H22O2. The highest BCUT2D eigenvalue weighted by Crippen LogP contribution is 2.44. The van der Waals surface area contributed by atoms with Gasteiger partial charge in [0.25, 0.3) is 0 Å². The SMILES string of the molecule is CC1(C)CC(O)c2cccc(C(C)(C)C)c2O1. The molecule has 2 rings (SSSR count). The average Bonchev–Trinajstić information content (AvgIpc) is 2.13. The molecule has 0 spiro atoms. The quantitative estimate of drug-likeness (QED) is 0.743. The van der Waals surface area contributed by atoms with Gasteiger partial charge in [-0.2, -0.15) is 0 Å². The molecule has 0 bridgehead atoms. The third-order valence-corrected chi connectivity index (χ3v) is 3.28. The molecule has 0 aromatic heterocycles. The van der Waals surface area contributed by atoms with Gasteiger partial charge in [-0.1, -0.05) is 39.0 Å². The summed E-state index contributed by atoms with van der Waals surface area (Å²) in [7, 11) is 0. The van der Waals surface area contributed by atoms with Crippen molar-refractivity contribution in [1.82, 2.24) is 0 Å². The molecule has 2 heteroatoms. The molecule has 0 amide bonds. The van der Waals surface area contributed by atoms with Crippen LogP contribution in [-0.4, -0.2) is 10.7 Å². The number of benzene rings is 1. The zero-order valence-electron chi connectivity index (χ0n) is 11.4. The van der Waals surface area contributed by atoms with Gasteiger partial charge < -0.3 is 9.84 Å². The Morgan fingerprint density at radius 1 is 1.29 bits per heavy atom. The maximum Gasteiger partial charge on any atom is 0.129 e. The maximum atomic E-state index is 10.2. The van der Waals surface area contributed by atoms with Crippen LogP contribution in [-0.2, 0) is 5.41 Å². The van der Waals surface area contributed by atoms with Crippen molar-refractivity contribution in [3.05, 3.63) is 29.3 Å². The van der Waals surface area contributed by atoms with Crippen molar-refractivity contribution >= 4 is 0 Å². The number of fused-ring (bicyclic) bond motifs is 1. The fraction of sp³-hybridized carbons (Fsp3) is 0.600. The lowest BCUT2D eigenvalue weighted by Crippen LogP contribution is -2.36. The van der Waals surface area contributed by atoms with Gasteiger partial charge in [0.2, 0.25) is 0 Å². The predicted molar refractivity (Wildman–Crippen MR) is 69.4 cm³/mol. The topological polar surface area (TPSA) is 29.5 Å². The summed E-state index contributed by atoms with van der Waals surface area (Å²) in [6, 6.07) is 6.06. The fourth-order valence-electron chi connectivity index (χ4n) is 2.42. The van der Waals surface area contributed by atoms with Crippen LogP contribution in [0.2, 0.25) is 0 Å². The Morgan fingerprint density at radius 3 is 2.53 bits per heavy atom. The largest absolute Gasteiger partial charge is 0.487 e. The van der Waals surface area contributed by atoms with E-state index in [0.717, 1.165) is 11.3 Å². The van der Waals surface area contributed by atoms with Crippen molar-refractivity contribution in [2.75, 3.05) is 0 Å². The van der Waals surface area contributed by atoms with Gasteiger partial charge in [0, 0.05) is 12.0 Å². The van der Waals surface area contributed by atoms with Crippen molar-refractivity contribution in [2.24, 2.45) is 0 Å². The predicted octanol–water partition coefficient (Wildman–Crippen LogP) is 3.58. The molecule has 1 aromatic rings. The molecular weight excluding hydrogens is 212 g/mol. The van der Waals surface area contributed by atoms with Crippen LogP contribution >= 0.6 is 0 Å². The van der Waals surface area contributed by atoms with E-state index in [1.165, 1.54) is 5.56 Å². The summed E-state index contributed by atoms with van der Waals surface area (Å²) in [6.07, 6.45) is 0.226. The number of ether oxygens (including phenoxy) is 1.